The van der Waals surface area contributed by atoms with Gasteiger partial charge in [-0.15, -0.1) is 0 Å². The van der Waals surface area contributed by atoms with Crippen LogP contribution in [0, 0.1) is 22.7 Å². The van der Waals surface area contributed by atoms with E-state index in [2.05, 4.69) is 12.1 Å². The van der Waals surface area contributed by atoms with Crippen LogP contribution in [0.15, 0.2) is 36.4 Å². The van der Waals surface area contributed by atoms with E-state index in [4.69, 9.17) is 29.5 Å². The molecule has 2 aliphatic heterocycles. The molecule has 0 N–H and O–H groups in total. The summed E-state index contributed by atoms with van der Waals surface area (Å²) in [5.41, 5.74) is 1.92. The molecule has 0 saturated heterocycles. The van der Waals surface area contributed by atoms with Gasteiger partial charge in [0.25, 0.3) is 0 Å². The minimum absolute atomic E-state index is 0. The fourth-order valence-corrected chi connectivity index (χ4v) is 2.28. The molecule has 27 heavy (non-hydrogen) atoms. The fraction of sp³-hybridized carbons (Fsp3) is 0.222. The zero-order valence-corrected chi connectivity index (χ0v) is 17.7. The minimum Gasteiger partial charge on any atom is -1.00 e. The summed E-state index contributed by atoms with van der Waals surface area (Å²) >= 11 is 0. The number of nitrogens with zero attached hydrogens (tertiary/aromatic N) is 2. The van der Waals surface area contributed by atoms with E-state index in [1.54, 1.807) is 0 Å². The van der Waals surface area contributed by atoms with Crippen molar-refractivity contribution >= 4 is 0 Å². The predicted octanol–water partition coefficient (Wildman–Crippen LogP) is -3.03. The second-order valence-corrected chi connectivity index (χ2v) is 5.05. The van der Waals surface area contributed by atoms with Gasteiger partial charge in [-0.3, -0.25) is 0 Å². The zero-order valence-electron chi connectivity index (χ0n) is 13.9. The predicted molar refractivity (Wildman–Crippen MR) is 83.8 cm³/mol. The van der Waals surface area contributed by atoms with Crippen LogP contribution in [0.5, 0.6) is 23.0 Å². The third kappa shape index (κ3) is 6.52. The molecule has 0 radical (unpaired) electrons. The molecule has 4 rings (SSSR count). The molecular weight excluding hydrogens is 574 g/mol. The summed E-state index contributed by atoms with van der Waals surface area (Å²) in [5, 5.41) is 16.9. The van der Waals surface area contributed by atoms with Gasteiger partial charge in [0.15, 0.2) is 23.0 Å². The molecule has 2 aliphatic rings. The minimum atomic E-state index is 0. The van der Waals surface area contributed by atoms with Crippen LogP contribution in [0.2, 0.25) is 0 Å². The number of rotatable bonds is 2. The van der Waals surface area contributed by atoms with Crippen molar-refractivity contribution < 1.29 is 64.8 Å². The van der Waals surface area contributed by atoms with Crippen LogP contribution < -0.4 is 43.8 Å². The molecule has 2 aromatic carbocycles. The van der Waals surface area contributed by atoms with Crippen LogP contribution >= 0.6 is 0 Å². The fourth-order valence-electron chi connectivity index (χ4n) is 2.28. The molecule has 0 unspecified atom stereocenters. The Morgan fingerprint density at radius 2 is 1.04 bits per heavy atom. The van der Waals surface area contributed by atoms with E-state index in [0.29, 0.717) is 12.8 Å². The summed E-state index contributed by atoms with van der Waals surface area (Å²) in [6.07, 6.45) is 0.827. The van der Waals surface area contributed by atoms with Gasteiger partial charge < -0.3 is 43.8 Å². The summed E-state index contributed by atoms with van der Waals surface area (Å²) in [6.45, 7) is 0.566. The number of ether oxygens (including phenoxy) is 4. The SMILES string of the molecule is N#CCc1ccc2c(c1)OCO2.N#CCc1ccc2c(c1)OCO2.[Cl-].[Cl-].[Pt+2]. The third-order valence-electron chi connectivity index (χ3n) is 3.44. The van der Waals surface area contributed by atoms with Crippen molar-refractivity contribution in [1.82, 2.24) is 0 Å². The van der Waals surface area contributed by atoms with Gasteiger partial charge in [0.05, 0.1) is 25.0 Å². The van der Waals surface area contributed by atoms with Crippen molar-refractivity contribution in [3.8, 4) is 35.1 Å². The van der Waals surface area contributed by atoms with Crippen molar-refractivity contribution in [2.24, 2.45) is 0 Å². The van der Waals surface area contributed by atoms with Gasteiger partial charge in [-0.1, -0.05) is 12.1 Å². The summed E-state index contributed by atoms with van der Waals surface area (Å²) in [4.78, 5) is 0. The van der Waals surface area contributed by atoms with Gasteiger partial charge in [0.2, 0.25) is 13.6 Å². The van der Waals surface area contributed by atoms with E-state index >= 15 is 0 Å². The van der Waals surface area contributed by atoms with Crippen molar-refractivity contribution in [2.45, 2.75) is 12.8 Å². The first kappa shape index (κ1) is 24.9. The Bertz CT molecular complexity index is 768. The Kier molecular flexibility index (Phi) is 11.3. The van der Waals surface area contributed by atoms with E-state index in [1.165, 1.54) is 0 Å². The van der Waals surface area contributed by atoms with Crippen LogP contribution in [0.25, 0.3) is 0 Å². The number of hydrogen-bond donors (Lipinski definition) is 0. The molecule has 0 atom stereocenters. The first-order valence-corrected chi connectivity index (χ1v) is 7.31. The maximum atomic E-state index is 8.45. The zero-order chi connectivity index (χ0) is 16.8. The first-order chi connectivity index (χ1) is 11.8. The molecular formula is C18H14Cl2N2O4Pt. The van der Waals surface area contributed by atoms with Crippen LogP contribution in [-0.4, -0.2) is 13.6 Å². The smallest absolute Gasteiger partial charge is 1.00 e. The molecule has 2 heterocycles. The molecule has 0 aliphatic carbocycles. The van der Waals surface area contributed by atoms with Crippen LogP contribution in [0.1, 0.15) is 11.1 Å². The topological polar surface area (TPSA) is 84.5 Å². The third-order valence-corrected chi connectivity index (χ3v) is 3.44. The van der Waals surface area contributed by atoms with E-state index in [1.807, 2.05) is 36.4 Å². The van der Waals surface area contributed by atoms with Crippen molar-refractivity contribution in [2.75, 3.05) is 13.6 Å². The van der Waals surface area contributed by atoms with E-state index in [9.17, 15) is 0 Å². The number of fused-ring (bicyclic) bond motifs is 2. The Balaban J connectivity index is 0.000000451. The summed E-state index contributed by atoms with van der Waals surface area (Å²) in [7, 11) is 0. The second-order valence-electron chi connectivity index (χ2n) is 5.05. The number of hydrogen-bond acceptors (Lipinski definition) is 6. The maximum Gasteiger partial charge on any atom is 2.00 e. The monoisotopic (exact) mass is 587 g/mol. The van der Waals surface area contributed by atoms with Gasteiger partial charge in [-0.05, 0) is 35.4 Å². The van der Waals surface area contributed by atoms with Crippen LogP contribution in [-0.2, 0) is 33.9 Å². The Morgan fingerprint density at radius 1 is 0.667 bits per heavy atom. The number of benzene rings is 2. The molecule has 0 fully saturated rings. The Morgan fingerprint density at radius 3 is 1.41 bits per heavy atom. The summed E-state index contributed by atoms with van der Waals surface area (Å²) in [5.74, 6) is 3.00. The number of nitriles is 2. The van der Waals surface area contributed by atoms with E-state index in [0.717, 1.165) is 34.1 Å². The quantitative estimate of drug-likeness (QED) is 0.372. The average molecular weight is 588 g/mol. The average Bonchev–Trinajstić information content (AvgIpc) is 3.24. The Labute approximate surface area is 184 Å². The normalized spacial score (nSPS) is 11.2. The molecule has 0 amide bonds. The molecule has 0 bridgehead atoms. The Hall–Kier alpha value is -2.11. The van der Waals surface area contributed by atoms with E-state index < -0.39 is 0 Å². The standard InChI is InChI=1S/2C9H7NO2.2ClH.Pt/c2*10-4-3-7-1-2-8-9(5-7)12-6-11-8;;;/h2*1-2,5H,3,6H2;2*1H;/q;;;;+2/p-2. The van der Waals surface area contributed by atoms with Crippen molar-refractivity contribution in [1.29, 1.82) is 10.5 Å². The van der Waals surface area contributed by atoms with Gasteiger partial charge in [0, 0.05) is 0 Å². The molecule has 9 heteroatoms. The maximum absolute atomic E-state index is 8.45. The van der Waals surface area contributed by atoms with Crippen LogP contribution in [0.4, 0.5) is 0 Å². The molecule has 0 aromatic heterocycles. The van der Waals surface area contributed by atoms with Crippen LogP contribution in [0.3, 0.4) is 0 Å². The van der Waals surface area contributed by atoms with Gasteiger partial charge >= 0.3 is 21.1 Å². The molecule has 0 spiro atoms. The molecule has 0 saturated carbocycles. The van der Waals surface area contributed by atoms with Gasteiger partial charge in [0.1, 0.15) is 0 Å². The molecule has 144 valence electrons. The summed E-state index contributed by atoms with van der Waals surface area (Å²) in [6, 6.07) is 15.2. The molecule has 6 nitrogen and oxygen atoms in total. The largest absolute Gasteiger partial charge is 2.00 e. The first-order valence-electron chi connectivity index (χ1n) is 7.31. The summed E-state index contributed by atoms with van der Waals surface area (Å²) < 4.78 is 20.6. The van der Waals surface area contributed by atoms with Crippen molar-refractivity contribution in [3.05, 3.63) is 47.5 Å². The second kappa shape index (κ2) is 12.3. The molecule has 2 aromatic rings. The van der Waals surface area contributed by atoms with Gasteiger partial charge in [-0.25, -0.2) is 0 Å². The van der Waals surface area contributed by atoms with Gasteiger partial charge in [-0.2, -0.15) is 10.5 Å². The van der Waals surface area contributed by atoms with E-state index in [-0.39, 0.29) is 59.5 Å². The van der Waals surface area contributed by atoms with Crippen molar-refractivity contribution in [3.63, 3.8) is 0 Å². The number of halogens is 2.